The predicted molar refractivity (Wildman–Crippen MR) is 78.5 cm³/mol. The number of anilines is 1. The third kappa shape index (κ3) is 5.59. The van der Waals surface area contributed by atoms with E-state index in [0.717, 1.165) is 0 Å². The Hall–Kier alpha value is -1.11. The molecule has 0 heterocycles. The van der Waals surface area contributed by atoms with Crippen LogP contribution in [0, 0.1) is 0 Å². The highest BCUT2D eigenvalue weighted by molar-refractivity contribution is 7.80. The minimum absolute atomic E-state index is 0.224. The van der Waals surface area contributed by atoms with Gasteiger partial charge in [-0.25, -0.2) is 9.59 Å². The van der Waals surface area contributed by atoms with E-state index in [1.54, 1.807) is 0 Å². The first kappa shape index (κ1) is 15.9. The number of rotatable bonds is 5. The Morgan fingerprint density at radius 1 is 1.26 bits per heavy atom. The number of halogens is 2. The molecule has 0 aromatic heterocycles. The molecule has 1 rings (SSSR count). The van der Waals surface area contributed by atoms with Crippen LogP contribution in [-0.4, -0.2) is 28.9 Å². The highest BCUT2D eigenvalue weighted by Crippen LogP contribution is 2.22. The molecule has 104 valence electrons. The van der Waals surface area contributed by atoms with Crippen LogP contribution in [0.4, 0.5) is 10.5 Å². The number of nitrogens with one attached hydrogen (secondary N) is 2. The Balaban J connectivity index is 2.66. The molecule has 0 aliphatic rings. The van der Waals surface area contributed by atoms with Gasteiger partial charge in [0.25, 0.3) is 0 Å². The molecular weight excluding hydrogens is 311 g/mol. The van der Waals surface area contributed by atoms with Crippen molar-refractivity contribution in [3.63, 3.8) is 0 Å². The number of thiol groups is 1. The Kier molecular flexibility index (Phi) is 6.27. The molecule has 1 aromatic carbocycles. The van der Waals surface area contributed by atoms with Gasteiger partial charge in [-0.2, -0.15) is 12.6 Å². The summed E-state index contributed by atoms with van der Waals surface area (Å²) in [7, 11) is 0. The van der Waals surface area contributed by atoms with Gasteiger partial charge in [-0.05, 0) is 30.4 Å². The van der Waals surface area contributed by atoms with E-state index < -0.39 is 18.0 Å². The van der Waals surface area contributed by atoms with Crippen molar-refractivity contribution in [3.05, 3.63) is 28.2 Å². The van der Waals surface area contributed by atoms with Crippen LogP contribution in [0.25, 0.3) is 0 Å². The summed E-state index contributed by atoms with van der Waals surface area (Å²) in [6.45, 7) is 0. The van der Waals surface area contributed by atoms with Crippen molar-refractivity contribution in [1.29, 1.82) is 0 Å². The van der Waals surface area contributed by atoms with Gasteiger partial charge in [0, 0.05) is 15.7 Å². The standard InChI is InChI=1S/C11H12Cl2N2O3S/c12-6-3-7(13)5-8(4-6)14-11(18)15-9(1-2-19)10(16)17/h3-5,9,19H,1-2H2,(H,16,17)(H2,14,15,18). The number of amides is 2. The van der Waals surface area contributed by atoms with E-state index in [4.69, 9.17) is 28.3 Å². The van der Waals surface area contributed by atoms with Crippen molar-refractivity contribution >= 4 is 53.5 Å². The van der Waals surface area contributed by atoms with Gasteiger partial charge in [0.1, 0.15) is 6.04 Å². The van der Waals surface area contributed by atoms with Crippen LogP contribution < -0.4 is 10.6 Å². The SMILES string of the molecule is O=C(Nc1cc(Cl)cc(Cl)c1)NC(CCS)C(=O)O. The largest absolute Gasteiger partial charge is 0.480 e. The first-order chi connectivity index (χ1) is 8.92. The maximum absolute atomic E-state index is 11.6. The molecule has 0 saturated carbocycles. The Bertz CT molecular complexity index is 465. The summed E-state index contributed by atoms with van der Waals surface area (Å²) in [5.74, 6) is -0.770. The van der Waals surface area contributed by atoms with Crippen molar-refractivity contribution < 1.29 is 14.7 Å². The fourth-order valence-corrected chi connectivity index (χ4v) is 2.12. The molecule has 1 atom stereocenters. The second-order valence-corrected chi connectivity index (χ2v) is 4.98. The number of carbonyl (C=O) groups excluding carboxylic acids is 1. The lowest BCUT2D eigenvalue weighted by molar-refractivity contribution is -0.139. The van der Waals surface area contributed by atoms with E-state index >= 15 is 0 Å². The highest BCUT2D eigenvalue weighted by Gasteiger charge is 2.18. The normalized spacial score (nSPS) is 11.7. The summed E-state index contributed by atoms with van der Waals surface area (Å²) in [5, 5.41) is 14.4. The molecule has 0 fully saturated rings. The number of urea groups is 1. The molecule has 8 heteroatoms. The molecule has 0 saturated heterocycles. The summed E-state index contributed by atoms with van der Waals surface area (Å²) in [6, 6.07) is 2.88. The monoisotopic (exact) mass is 322 g/mol. The van der Waals surface area contributed by atoms with Crippen LogP contribution in [0.15, 0.2) is 18.2 Å². The summed E-state index contributed by atoms with van der Waals surface area (Å²) < 4.78 is 0. The van der Waals surface area contributed by atoms with Crippen molar-refractivity contribution in [2.24, 2.45) is 0 Å². The Morgan fingerprint density at radius 2 is 1.84 bits per heavy atom. The van der Waals surface area contributed by atoms with Gasteiger partial charge in [-0.3, -0.25) is 0 Å². The predicted octanol–water partition coefficient (Wildman–Crippen LogP) is 2.89. The molecule has 0 aliphatic carbocycles. The molecule has 0 radical (unpaired) electrons. The molecule has 3 N–H and O–H groups in total. The quantitative estimate of drug-likeness (QED) is 0.629. The van der Waals surface area contributed by atoms with E-state index in [9.17, 15) is 9.59 Å². The molecule has 0 bridgehead atoms. The van der Waals surface area contributed by atoms with Gasteiger partial charge >= 0.3 is 12.0 Å². The average Bonchev–Trinajstić information content (AvgIpc) is 2.26. The highest BCUT2D eigenvalue weighted by atomic mass is 35.5. The lowest BCUT2D eigenvalue weighted by Crippen LogP contribution is -2.43. The van der Waals surface area contributed by atoms with Gasteiger partial charge in [0.15, 0.2) is 0 Å². The fourth-order valence-electron chi connectivity index (χ4n) is 1.34. The molecule has 5 nitrogen and oxygen atoms in total. The van der Waals surface area contributed by atoms with Gasteiger partial charge in [-0.15, -0.1) is 0 Å². The third-order valence-corrected chi connectivity index (χ3v) is 2.84. The number of aliphatic carboxylic acids is 1. The third-order valence-electron chi connectivity index (χ3n) is 2.14. The maximum atomic E-state index is 11.6. The zero-order valence-corrected chi connectivity index (χ0v) is 12.1. The van der Waals surface area contributed by atoms with Crippen molar-refractivity contribution in [2.45, 2.75) is 12.5 Å². The number of carboxylic acid groups (broad SMARTS) is 1. The van der Waals surface area contributed by atoms with Crippen LogP contribution in [0.1, 0.15) is 6.42 Å². The molecule has 2 amide bonds. The second kappa shape index (κ2) is 7.47. The van der Waals surface area contributed by atoms with Crippen LogP contribution >= 0.6 is 35.8 Å². The fraction of sp³-hybridized carbons (Fsp3) is 0.273. The average molecular weight is 323 g/mol. The molecule has 19 heavy (non-hydrogen) atoms. The first-order valence-electron chi connectivity index (χ1n) is 5.29. The van der Waals surface area contributed by atoms with E-state index in [1.807, 2.05) is 0 Å². The summed E-state index contributed by atoms with van der Waals surface area (Å²) >= 11 is 15.5. The van der Waals surface area contributed by atoms with Gasteiger partial charge in [0.05, 0.1) is 0 Å². The zero-order valence-electron chi connectivity index (χ0n) is 9.69. The lowest BCUT2D eigenvalue weighted by atomic mass is 10.2. The van der Waals surface area contributed by atoms with E-state index in [0.29, 0.717) is 21.5 Å². The molecule has 0 spiro atoms. The number of benzene rings is 1. The van der Waals surface area contributed by atoms with Gasteiger partial charge < -0.3 is 15.7 Å². The van der Waals surface area contributed by atoms with Crippen molar-refractivity contribution in [1.82, 2.24) is 5.32 Å². The summed E-state index contributed by atoms with van der Waals surface area (Å²) in [4.78, 5) is 22.5. The minimum atomic E-state index is -1.12. The Labute approximate surface area is 125 Å². The topological polar surface area (TPSA) is 78.4 Å². The van der Waals surface area contributed by atoms with E-state index in [1.165, 1.54) is 18.2 Å². The van der Waals surface area contributed by atoms with Crippen LogP contribution in [0.5, 0.6) is 0 Å². The lowest BCUT2D eigenvalue weighted by Gasteiger charge is -2.14. The van der Waals surface area contributed by atoms with Crippen molar-refractivity contribution in [3.8, 4) is 0 Å². The first-order valence-corrected chi connectivity index (χ1v) is 6.68. The van der Waals surface area contributed by atoms with Crippen LogP contribution in [-0.2, 0) is 4.79 Å². The van der Waals surface area contributed by atoms with Crippen molar-refractivity contribution in [2.75, 3.05) is 11.1 Å². The maximum Gasteiger partial charge on any atom is 0.326 e. The van der Waals surface area contributed by atoms with Gasteiger partial charge in [0.2, 0.25) is 0 Å². The molecule has 1 aromatic rings. The minimum Gasteiger partial charge on any atom is -0.480 e. The number of hydrogen-bond acceptors (Lipinski definition) is 3. The second-order valence-electron chi connectivity index (χ2n) is 3.66. The van der Waals surface area contributed by atoms with E-state index in [2.05, 4.69) is 23.3 Å². The van der Waals surface area contributed by atoms with E-state index in [-0.39, 0.29) is 6.42 Å². The number of carbonyl (C=O) groups is 2. The van der Waals surface area contributed by atoms with Crippen LogP contribution in [0.2, 0.25) is 10.0 Å². The molecule has 1 unspecified atom stereocenters. The number of carboxylic acids is 1. The zero-order chi connectivity index (χ0) is 14.4. The molecule has 0 aliphatic heterocycles. The molecular formula is C11H12Cl2N2O3S. The summed E-state index contributed by atoms with van der Waals surface area (Å²) in [6.07, 6.45) is 0.224. The smallest absolute Gasteiger partial charge is 0.326 e. The number of hydrogen-bond donors (Lipinski definition) is 4. The Morgan fingerprint density at radius 3 is 2.32 bits per heavy atom. The van der Waals surface area contributed by atoms with Gasteiger partial charge in [-0.1, -0.05) is 23.2 Å². The van der Waals surface area contributed by atoms with Crippen LogP contribution in [0.3, 0.4) is 0 Å². The summed E-state index contributed by atoms with van der Waals surface area (Å²) in [5.41, 5.74) is 0.380.